The molecule has 98 valence electrons. The summed E-state index contributed by atoms with van der Waals surface area (Å²) in [7, 11) is 0. The second-order valence-electron chi connectivity index (χ2n) is 4.33. The summed E-state index contributed by atoms with van der Waals surface area (Å²) in [6, 6.07) is 12.4. The summed E-state index contributed by atoms with van der Waals surface area (Å²) in [4.78, 5) is 22.4. The van der Waals surface area contributed by atoms with Gasteiger partial charge in [0.1, 0.15) is 0 Å². The molecule has 5 heteroatoms. The van der Waals surface area contributed by atoms with Gasteiger partial charge in [-0.25, -0.2) is 0 Å². The Morgan fingerprint density at radius 2 is 1.79 bits per heavy atom. The van der Waals surface area contributed by atoms with E-state index in [2.05, 4.69) is 5.32 Å². The predicted molar refractivity (Wildman–Crippen MR) is 74.4 cm³/mol. The fourth-order valence-electron chi connectivity index (χ4n) is 1.81. The van der Waals surface area contributed by atoms with Crippen molar-refractivity contribution in [2.45, 2.75) is 12.5 Å². The average Bonchev–Trinajstić information content (AvgIpc) is 2.37. The van der Waals surface area contributed by atoms with Gasteiger partial charge in [-0.15, -0.1) is 0 Å². The maximum atomic E-state index is 11.7. The van der Waals surface area contributed by atoms with E-state index in [0.717, 1.165) is 10.8 Å². The number of hydrogen-bond acceptors (Lipinski definition) is 3. The highest BCUT2D eigenvalue weighted by atomic mass is 16.2. The quantitative estimate of drug-likeness (QED) is 0.761. The molecule has 2 aromatic rings. The molecule has 0 unspecified atom stereocenters. The zero-order chi connectivity index (χ0) is 13.8. The minimum Gasteiger partial charge on any atom is -0.370 e. The first kappa shape index (κ1) is 13.0. The highest BCUT2D eigenvalue weighted by Gasteiger charge is 2.15. The molecule has 0 radical (unpaired) electrons. The van der Waals surface area contributed by atoms with Crippen LogP contribution in [0.3, 0.4) is 0 Å². The van der Waals surface area contributed by atoms with Crippen LogP contribution in [0.15, 0.2) is 42.5 Å². The fraction of sp³-hybridized carbons (Fsp3) is 0.143. The molecule has 0 aliphatic rings. The molecule has 0 spiro atoms. The van der Waals surface area contributed by atoms with Crippen LogP contribution in [-0.2, 0) is 9.59 Å². The van der Waals surface area contributed by atoms with E-state index in [-0.39, 0.29) is 6.42 Å². The van der Waals surface area contributed by atoms with Crippen LogP contribution in [0.25, 0.3) is 10.8 Å². The van der Waals surface area contributed by atoms with Gasteiger partial charge < -0.3 is 16.8 Å². The van der Waals surface area contributed by atoms with Gasteiger partial charge in [0.2, 0.25) is 11.8 Å². The lowest BCUT2D eigenvalue weighted by atomic mass is 10.1. The zero-order valence-corrected chi connectivity index (χ0v) is 10.3. The molecule has 1 atom stereocenters. The van der Waals surface area contributed by atoms with Crippen molar-refractivity contribution >= 4 is 28.3 Å². The third kappa shape index (κ3) is 3.29. The Morgan fingerprint density at radius 3 is 2.47 bits per heavy atom. The lowest BCUT2D eigenvalue weighted by molar-refractivity contribution is -0.123. The number of nitrogens with one attached hydrogen (secondary N) is 1. The van der Waals surface area contributed by atoms with Crippen LogP contribution >= 0.6 is 0 Å². The van der Waals surface area contributed by atoms with Crippen molar-refractivity contribution in [1.82, 2.24) is 0 Å². The normalized spacial score (nSPS) is 12.1. The minimum atomic E-state index is -0.927. The molecule has 0 bridgehead atoms. The second-order valence-corrected chi connectivity index (χ2v) is 4.33. The molecule has 0 aromatic heterocycles. The average molecular weight is 257 g/mol. The van der Waals surface area contributed by atoms with Crippen LogP contribution in [0.4, 0.5) is 5.69 Å². The van der Waals surface area contributed by atoms with Crippen LogP contribution in [-0.4, -0.2) is 17.9 Å². The van der Waals surface area contributed by atoms with E-state index in [0.29, 0.717) is 5.69 Å². The number of fused-ring (bicyclic) bond motifs is 1. The molecule has 2 rings (SSSR count). The van der Waals surface area contributed by atoms with Gasteiger partial charge in [0.05, 0.1) is 12.5 Å². The van der Waals surface area contributed by atoms with Gasteiger partial charge in [-0.2, -0.15) is 0 Å². The third-order valence-corrected chi connectivity index (χ3v) is 2.77. The summed E-state index contributed by atoms with van der Waals surface area (Å²) in [5.74, 6) is -1.02. The summed E-state index contributed by atoms with van der Waals surface area (Å²) in [6.45, 7) is 0. The molecule has 2 aromatic carbocycles. The lowest BCUT2D eigenvalue weighted by Crippen LogP contribution is -2.38. The van der Waals surface area contributed by atoms with Crippen molar-refractivity contribution in [2.75, 3.05) is 5.32 Å². The maximum Gasteiger partial charge on any atom is 0.241 e. The summed E-state index contributed by atoms with van der Waals surface area (Å²) in [6.07, 6.45) is -0.167. The number of carbonyl (C=O) groups is 2. The first-order valence-corrected chi connectivity index (χ1v) is 5.90. The Balaban J connectivity index is 2.12. The molecule has 2 amide bonds. The highest BCUT2D eigenvalue weighted by Crippen LogP contribution is 2.18. The van der Waals surface area contributed by atoms with Crippen LogP contribution < -0.4 is 16.8 Å². The Morgan fingerprint density at radius 1 is 1.11 bits per heavy atom. The minimum absolute atomic E-state index is 0.167. The highest BCUT2D eigenvalue weighted by molar-refractivity contribution is 5.98. The topological polar surface area (TPSA) is 98.2 Å². The van der Waals surface area contributed by atoms with Crippen molar-refractivity contribution in [3.05, 3.63) is 42.5 Å². The molecular weight excluding hydrogens is 242 g/mol. The molecule has 0 aliphatic heterocycles. The summed E-state index contributed by atoms with van der Waals surface area (Å²) in [5.41, 5.74) is 11.2. The Hall–Kier alpha value is -2.40. The Kier molecular flexibility index (Phi) is 3.77. The predicted octanol–water partition coefficient (Wildman–Crippen LogP) is 0.981. The smallest absolute Gasteiger partial charge is 0.241 e. The van der Waals surface area contributed by atoms with Crippen molar-refractivity contribution in [3.8, 4) is 0 Å². The first-order chi connectivity index (χ1) is 9.06. The van der Waals surface area contributed by atoms with Crippen molar-refractivity contribution in [1.29, 1.82) is 0 Å². The Labute approximate surface area is 110 Å². The third-order valence-electron chi connectivity index (χ3n) is 2.77. The number of rotatable bonds is 4. The van der Waals surface area contributed by atoms with Crippen LogP contribution in [0.5, 0.6) is 0 Å². The van der Waals surface area contributed by atoms with E-state index < -0.39 is 17.9 Å². The van der Waals surface area contributed by atoms with Gasteiger partial charge in [0.15, 0.2) is 0 Å². The van der Waals surface area contributed by atoms with E-state index in [4.69, 9.17) is 11.5 Å². The number of hydrogen-bond donors (Lipinski definition) is 3. The van der Waals surface area contributed by atoms with Crippen molar-refractivity contribution in [2.24, 2.45) is 11.5 Å². The van der Waals surface area contributed by atoms with E-state index >= 15 is 0 Å². The van der Waals surface area contributed by atoms with Gasteiger partial charge in [0, 0.05) is 5.69 Å². The lowest BCUT2D eigenvalue weighted by Gasteiger charge is -2.11. The van der Waals surface area contributed by atoms with Crippen LogP contribution in [0.1, 0.15) is 6.42 Å². The summed E-state index contributed by atoms with van der Waals surface area (Å²) in [5, 5.41) is 4.77. The van der Waals surface area contributed by atoms with Crippen LogP contribution in [0.2, 0.25) is 0 Å². The molecule has 0 aliphatic carbocycles. The molecule has 0 heterocycles. The number of carbonyl (C=O) groups excluding carboxylic acids is 2. The first-order valence-electron chi connectivity index (χ1n) is 5.90. The van der Waals surface area contributed by atoms with E-state index in [1.807, 2.05) is 36.4 Å². The molecule has 0 saturated heterocycles. The van der Waals surface area contributed by atoms with Crippen molar-refractivity contribution in [3.63, 3.8) is 0 Å². The van der Waals surface area contributed by atoms with Gasteiger partial charge in [0.25, 0.3) is 0 Å². The maximum absolute atomic E-state index is 11.7. The molecule has 5 N–H and O–H groups in total. The largest absolute Gasteiger partial charge is 0.370 e. The molecule has 0 fully saturated rings. The Bertz CT molecular complexity index is 625. The van der Waals surface area contributed by atoms with Gasteiger partial charge in [-0.3, -0.25) is 9.59 Å². The van der Waals surface area contributed by atoms with Gasteiger partial charge in [-0.05, 0) is 22.9 Å². The number of nitrogens with two attached hydrogens (primary N) is 2. The number of primary amides is 1. The van der Waals surface area contributed by atoms with Crippen molar-refractivity contribution < 1.29 is 9.59 Å². The van der Waals surface area contributed by atoms with Crippen LogP contribution in [0, 0.1) is 0 Å². The van der Waals surface area contributed by atoms with Gasteiger partial charge >= 0.3 is 0 Å². The summed E-state index contributed by atoms with van der Waals surface area (Å²) >= 11 is 0. The SMILES string of the molecule is NC(=O)C[C@H](N)C(=O)Nc1ccc2ccccc2c1. The van der Waals surface area contributed by atoms with E-state index in [9.17, 15) is 9.59 Å². The molecular formula is C14H15N3O2. The fourth-order valence-corrected chi connectivity index (χ4v) is 1.81. The zero-order valence-electron chi connectivity index (χ0n) is 10.3. The van der Waals surface area contributed by atoms with E-state index in [1.54, 1.807) is 6.07 Å². The summed E-state index contributed by atoms with van der Waals surface area (Å²) < 4.78 is 0. The van der Waals surface area contributed by atoms with E-state index in [1.165, 1.54) is 0 Å². The standard InChI is InChI=1S/C14H15N3O2/c15-12(8-13(16)18)14(19)17-11-6-5-9-3-1-2-4-10(9)7-11/h1-7,12H,8,15H2,(H2,16,18)(H,17,19)/t12-/m0/s1. The second kappa shape index (κ2) is 5.49. The molecule has 19 heavy (non-hydrogen) atoms. The number of anilines is 1. The number of amides is 2. The van der Waals surface area contributed by atoms with Gasteiger partial charge in [-0.1, -0.05) is 30.3 Å². The molecule has 0 saturated carbocycles. The monoisotopic (exact) mass is 257 g/mol. The molecule has 5 nitrogen and oxygen atoms in total. The number of benzene rings is 2.